The van der Waals surface area contributed by atoms with Crippen LogP contribution in [0.5, 0.6) is 0 Å². The number of unbranched alkanes of at least 4 members (excludes halogenated alkanes) is 35. The average Bonchev–Trinajstić information content (AvgIpc) is 0.934. The summed E-state index contributed by atoms with van der Waals surface area (Å²) in [6.07, 6.45) is 88.9. The van der Waals surface area contributed by atoms with Crippen LogP contribution in [0.3, 0.4) is 0 Å². The van der Waals surface area contributed by atoms with Crippen molar-refractivity contribution in [1.82, 2.24) is 0 Å². The first-order valence-electron chi connectivity index (χ1n) is 40.2. The van der Waals surface area contributed by atoms with E-state index in [4.69, 9.17) is 32.3 Å². The molecular weight excluding hydrogens is 1310 g/mol. The van der Waals surface area contributed by atoms with E-state index in [9.17, 15) is 43.5 Å². The zero-order valence-corrected chi connectivity index (χ0v) is 65.6. The van der Waals surface area contributed by atoms with Gasteiger partial charge in [0, 0.05) is 19.3 Å². The molecule has 584 valence electrons. The van der Waals surface area contributed by atoms with E-state index in [1.807, 2.05) is 12.2 Å². The minimum Gasteiger partial charge on any atom is -0.463 e. The van der Waals surface area contributed by atoms with Crippen LogP contribution < -0.4 is 0 Å². The second-order valence-electron chi connectivity index (χ2n) is 26.8. The van der Waals surface area contributed by atoms with Crippen molar-refractivity contribution >= 4 is 33.6 Å². The number of esters is 3. The predicted molar refractivity (Wildman–Crippen MR) is 417 cm³/mol. The van der Waals surface area contributed by atoms with Gasteiger partial charge in [-0.1, -0.05) is 329 Å². The number of ether oxygens (including phenoxy) is 3. The van der Waals surface area contributed by atoms with E-state index in [1.165, 1.54) is 180 Å². The van der Waals surface area contributed by atoms with E-state index in [2.05, 4.69) is 118 Å². The summed E-state index contributed by atoms with van der Waals surface area (Å²) in [4.78, 5) is 58.5. The summed E-state index contributed by atoms with van der Waals surface area (Å²) in [7, 11) is -9.79. The largest absolute Gasteiger partial charge is 0.472 e. The van der Waals surface area contributed by atoms with Crippen molar-refractivity contribution in [2.24, 2.45) is 0 Å². The Morgan fingerprint density at radius 3 is 0.891 bits per heavy atom. The van der Waals surface area contributed by atoms with Crippen LogP contribution >= 0.6 is 15.6 Å². The van der Waals surface area contributed by atoms with Gasteiger partial charge in [0.25, 0.3) is 0 Å². The topological polar surface area (TPSA) is 231 Å². The summed E-state index contributed by atoms with van der Waals surface area (Å²) >= 11 is 0. The van der Waals surface area contributed by atoms with Crippen LogP contribution in [0.1, 0.15) is 342 Å². The van der Waals surface area contributed by atoms with Crippen molar-refractivity contribution in [3.63, 3.8) is 0 Å². The molecule has 16 nitrogen and oxygen atoms in total. The van der Waals surface area contributed by atoms with Gasteiger partial charge < -0.3 is 34.2 Å². The van der Waals surface area contributed by atoms with Crippen LogP contribution in [0, 0.1) is 0 Å². The van der Waals surface area contributed by atoms with Gasteiger partial charge in [-0.25, -0.2) is 9.13 Å². The first-order chi connectivity index (χ1) is 49.2. The van der Waals surface area contributed by atoms with Crippen molar-refractivity contribution in [3.8, 4) is 0 Å². The monoisotopic (exact) mass is 1460 g/mol. The Morgan fingerprint density at radius 2 is 0.535 bits per heavy atom. The molecule has 0 bridgehead atoms. The Hall–Kier alpha value is -3.79. The van der Waals surface area contributed by atoms with E-state index in [1.54, 1.807) is 0 Å². The van der Waals surface area contributed by atoms with Crippen molar-refractivity contribution < 1.29 is 75.8 Å². The van der Waals surface area contributed by atoms with Crippen LogP contribution in [-0.4, -0.2) is 95.9 Å². The van der Waals surface area contributed by atoms with E-state index < -0.39 is 91.5 Å². The quantitative estimate of drug-likeness (QED) is 0.0146. The maximum Gasteiger partial charge on any atom is 0.472 e. The Labute approximate surface area is 615 Å². The van der Waals surface area contributed by atoms with Gasteiger partial charge in [0.2, 0.25) is 0 Å². The fourth-order valence-corrected chi connectivity index (χ4v) is 12.5. The molecule has 0 aliphatic rings. The number of hydrogen-bond acceptors (Lipinski definition) is 14. The molecule has 0 aromatic heterocycles. The van der Waals surface area contributed by atoms with Crippen LogP contribution in [0.4, 0.5) is 0 Å². The van der Waals surface area contributed by atoms with E-state index in [0.717, 1.165) is 96.3 Å². The number of hydrogen-bond donors (Lipinski definition) is 4. The highest BCUT2D eigenvalue weighted by Crippen LogP contribution is 2.45. The number of carbonyl (C=O) groups excluding carboxylic acids is 3. The van der Waals surface area contributed by atoms with Crippen LogP contribution in [-0.2, 0) is 55.8 Å². The lowest BCUT2D eigenvalue weighted by atomic mass is 10.0. The smallest absolute Gasteiger partial charge is 0.463 e. The summed E-state index contributed by atoms with van der Waals surface area (Å²) in [5, 5.41) is 20.6. The predicted octanol–water partition coefficient (Wildman–Crippen LogP) is 23.5. The molecule has 0 aromatic rings. The molecule has 0 fully saturated rings. The zero-order valence-electron chi connectivity index (χ0n) is 63.8. The maximum atomic E-state index is 12.9. The molecule has 0 saturated carbocycles. The normalized spacial score (nSPS) is 14.6. The second-order valence-corrected chi connectivity index (χ2v) is 29.8. The summed E-state index contributed by atoms with van der Waals surface area (Å²) in [6.45, 7) is 2.50. The fraction of sp³-hybridized carbons (Fsp3) is 0.747. The van der Waals surface area contributed by atoms with Gasteiger partial charge in [0.15, 0.2) is 6.10 Å². The Kier molecular flexibility index (Phi) is 73.0. The lowest BCUT2D eigenvalue weighted by Crippen LogP contribution is -2.30. The maximum absolute atomic E-state index is 12.9. The highest BCUT2D eigenvalue weighted by molar-refractivity contribution is 7.47. The van der Waals surface area contributed by atoms with Crippen molar-refractivity contribution in [1.29, 1.82) is 0 Å². The van der Waals surface area contributed by atoms with E-state index in [0.29, 0.717) is 25.7 Å². The first kappa shape index (κ1) is 97.2. The first-order valence-corrected chi connectivity index (χ1v) is 43.2. The van der Waals surface area contributed by atoms with Crippen molar-refractivity contribution in [3.05, 3.63) is 109 Å². The van der Waals surface area contributed by atoms with Crippen molar-refractivity contribution in [2.75, 3.05) is 39.6 Å². The molecule has 0 radical (unpaired) electrons. The number of phosphoric ester groups is 2. The highest BCUT2D eigenvalue weighted by Gasteiger charge is 2.29. The minimum atomic E-state index is -4.94. The minimum absolute atomic E-state index is 0.0934. The van der Waals surface area contributed by atoms with Gasteiger partial charge in [-0.15, -0.1) is 0 Å². The van der Waals surface area contributed by atoms with Gasteiger partial charge >= 0.3 is 33.6 Å². The molecular formula is C83H146O16P2. The standard InChI is InChI=1S/C83H146O16P2/c1-4-7-10-13-16-19-22-25-27-29-30-31-32-33-34-35-36-37-38-39-40-41-42-43-44-45-46-48-50-52-54-57-60-63-66-69-81(86)93-72-78(84)73-95-100(89,90)96-74-79(85)75-97-101(91,92)98-77-80(99-83(88)71-68-65-62-59-56-51-24-21-18-15-12-9-6-3)76-94-82(87)70-67-64-61-58-55-53-49-47-28-26-23-20-17-14-11-8-5-2/h8,11,16-17,19-20,25-28,30-31,33-34,49,53,58,61,78-80,84-85H,4-7,9-10,12-15,18,21-24,29,32,35-48,50-52,54-57,59-60,62-77H2,1-3H3,(H,89,90)(H,91,92)/b11-8-,19-16-,20-17-,27-25-,28-26-,31-30-,34-33-,53-49-,61-58-. The molecule has 0 amide bonds. The van der Waals surface area contributed by atoms with Gasteiger partial charge in [-0.05, 0) is 103 Å². The number of aliphatic hydroxyl groups excluding tert-OH is 2. The number of rotatable bonds is 76. The molecule has 0 heterocycles. The van der Waals surface area contributed by atoms with Crippen LogP contribution in [0.15, 0.2) is 109 Å². The third-order valence-corrected chi connectivity index (χ3v) is 18.9. The molecule has 0 aromatic carbocycles. The summed E-state index contributed by atoms with van der Waals surface area (Å²) < 4.78 is 61.0. The number of carbonyl (C=O) groups is 3. The van der Waals surface area contributed by atoms with Gasteiger partial charge in [0.05, 0.1) is 26.4 Å². The molecule has 0 aliphatic heterocycles. The molecule has 0 spiro atoms. The molecule has 0 saturated heterocycles. The number of phosphoric acid groups is 2. The molecule has 0 rings (SSSR count). The molecule has 18 heteroatoms. The SMILES string of the molecule is CC/C=C\C/C=C\C/C=C\C/C=C\C/C=C\CCCC(=O)OCC(COP(=O)(O)OCC(O)COP(=O)(O)OCC(O)COC(=O)CCCCCCCCCCCCCCCCCCCCC/C=C\C/C=C\C/C=C\C/C=C\CCCCC)OC(=O)CCCCCCCCCCCCCCC. The van der Waals surface area contributed by atoms with Crippen molar-refractivity contribution in [2.45, 2.75) is 360 Å². The summed E-state index contributed by atoms with van der Waals surface area (Å²) in [6, 6.07) is 0. The molecule has 4 N–H and O–H groups in total. The van der Waals surface area contributed by atoms with E-state index in [-0.39, 0.29) is 19.3 Å². The average molecular weight is 1460 g/mol. The summed E-state index contributed by atoms with van der Waals surface area (Å²) in [5.41, 5.74) is 0. The van der Waals surface area contributed by atoms with Crippen LogP contribution in [0.2, 0.25) is 0 Å². The lowest BCUT2D eigenvalue weighted by Gasteiger charge is -2.21. The molecule has 101 heavy (non-hydrogen) atoms. The van der Waals surface area contributed by atoms with E-state index >= 15 is 0 Å². The Bertz CT molecular complexity index is 2270. The Balaban J connectivity index is 4.36. The summed E-state index contributed by atoms with van der Waals surface area (Å²) in [5.74, 6) is -1.63. The fourth-order valence-electron chi connectivity index (χ4n) is 10.9. The molecule has 5 unspecified atom stereocenters. The third-order valence-electron chi connectivity index (χ3n) is 17.0. The number of allylic oxidation sites excluding steroid dienone is 18. The van der Waals surface area contributed by atoms with Gasteiger partial charge in [-0.2, -0.15) is 0 Å². The third kappa shape index (κ3) is 77.1. The van der Waals surface area contributed by atoms with Gasteiger partial charge in [-0.3, -0.25) is 32.5 Å². The van der Waals surface area contributed by atoms with Crippen LogP contribution in [0.25, 0.3) is 0 Å². The Morgan fingerprint density at radius 1 is 0.287 bits per heavy atom. The second kappa shape index (κ2) is 75.9. The zero-order chi connectivity index (χ0) is 73.7. The molecule has 0 aliphatic carbocycles. The van der Waals surface area contributed by atoms with Gasteiger partial charge in [0.1, 0.15) is 25.4 Å². The molecule has 5 atom stereocenters. The number of aliphatic hydroxyl groups is 2. The lowest BCUT2D eigenvalue weighted by molar-refractivity contribution is -0.161. The highest BCUT2D eigenvalue weighted by atomic mass is 31.2.